The number of hydrogen-bond donors (Lipinski definition) is 1. The van der Waals surface area contributed by atoms with Crippen molar-refractivity contribution >= 4 is 15.9 Å². The van der Waals surface area contributed by atoms with E-state index in [-0.39, 0.29) is 0 Å². The molecule has 0 spiro atoms. The van der Waals surface area contributed by atoms with Gasteiger partial charge >= 0.3 is 0 Å². The maximum atomic E-state index is 8.93. The molecule has 2 rings (SSSR count). The minimum absolute atomic E-state index is 0.544. The first-order valence-electron chi connectivity index (χ1n) is 5.23. The van der Waals surface area contributed by atoms with Crippen LogP contribution in [0.5, 0.6) is 0 Å². The van der Waals surface area contributed by atoms with Crippen molar-refractivity contribution in [2.45, 2.75) is 6.54 Å². The third-order valence-electron chi connectivity index (χ3n) is 2.55. The minimum Gasteiger partial charge on any atom is -0.326 e. The van der Waals surface area contributed by atoms with Crippen molar-refractivity contribution in [3.05, 3.63) is 58.1 Å². The molecule has 0 radical (unpaired) electrons. The fourth-order valence-electron chi connectivity index (χ4n) is 1.65. The Hall–Kier alpha value is -1.63. The molecular weight excluding hydrogens is 276 g/mol. The number of rotatable bonds is 2. The minimum atomic E-state index is 0.544. The predicted molar refractivity (Wildman–Crippen MR) is 72.2 cm³/mol. The van der Waals surface area contributed by atoms with Crippen LogP contribution in [0, 0.1) is 11.3 Å². The average molecular weight is 287 g/mol. The van der Waals surface area contributed by atoms with Gasteiger partial charge in [0.05, 0.1) is 11.6 Å². The first kappa shape index (κ1) is 11.8. The summed E-state index contributed by atoms with van der Waals surface area (Å²) in [6, 6.07) is 15.9. The highest BCUT2D eigenvalue weighted by Gasteiger charge is 2.02. The van der Waals surface area contributed by atoms with E-state index in [0.29, 0.717) is 12.1 Å². The second-order valence-corrected chi connectivity index (χ2v) is 4.66. The summed E-state index contributed by atoms with van der Waals surface area (Å²) < 4.78 is 0.912. The number of halogens is 1. The highest BCUT2D eigenvalue weighted by atomic mass is 79.9. The quantitative estimate of drug-likeness (QED) is 0.919. The summed E-state index contributed by atoms with van der Waals surface area (Å²) in [5.41, 5.74) is 9.42. The largest absolute Gasteiger partial charge is 0.326 e. The van der Waals surface area contributed by atoms with Crippen LogP contribution in [0.25, 0.3) is 11.1 Å². The molecule has 0 heterocycles. The number of benzene rings is 2. The smallest absolute Gasteiger partial charge is 0.0992 e. The first-order valence-corrected chi connectivity index (χ1v) is 6.02. The lowest BCUT2D eigenvalue weighted by Gasteiger charge is -2.04. The van der Waals surface area contributed by atoms with E-state index in [2.05, 4.69) is 22.0 Å². The van der Waals surface area contributed by atoms with Crippen molar-refractivity contribution in [1.82, 2.24) is 0 Å². The van der Waals surface area contributed by atoms with Gasteiger partial charge in [0.2, 0.25) is 0 Å². The Morgan fingerprint density at radius 2 is 1.76 bits per heavy atom. The zero-order valence-electron chi connectivity index (χ0n) is 9.15. The van der Waals surface area contributed by atoms with E-state index >= 15 is 0 Å². The molecule has 2 aromatic carbocycles. The van der Waals surface area contributed by atoms with Crippen LogP contribution in [0.15, 0.2) is 46.9 Å². The molecule has 0 atom stereocenters. The molecule has 2 aromatic rings. The van der Waals surface area contributed by atoms with E-state index in [4.69, 9.17) is 11.0 Å². The molecule has 0 aliphatic carbocycles. The molecule has 0 saturated carbocycles. The lowest BCUT2D eigenvalue weighted by molar-refractivity contribution is 1.07. The molecule has 0 unspecified atom stereocenters. The van der Waals surface area contributed by atoms with E-state index in [9.17, 15) is 0 Å². The molecule has 2 N–H and O–H groups in total. The third-order valence-corrected chi connectivity index (χ3v) is 3.01. The van der Waals surface area contributed by atoms with Crippen molar-refractivity contribution in [2.24, 2.45) is 5.73 Å². The summed E-state index contributed by atoms with van der Waals surface area (Å²) in [4.78, 5) is 0. The Kier molecular flexibility index (Phi) is 3.58. The molecule has 0 saturated heterocycles. The Morgan fingerprint density at radius 1 is 1.06 bits per heavy atom. The van der Waals surface area contributed by atoms with Crippen LogP contribution < -0.4 is 5.73 Å². The van der Waals surface area contributed by atoms with Gasteiger partial charge in [-0.2, -0.15) is 5.26 Å². The second-order valence-electron chi connectivity index (χ2n) is 3.74. The van der Waals surface area contributed by atoms with Crippen molar-refractivity contribution in [3.63, 3.8) is 0 Å². The Bertz CT molecular complexity index is 568. The normalized spacial score (nSPS) is 9.94. The lowest BCUT2D eigenvalue weighted by atomic mass is 10.0. The number of nitrogens with zero attached hydrogens (tertiary/aromatic N) is 1. The van der Waals surface area contributed by atoms with Gasteiger partial charge in [0.1, 0.15) is 0 Å². The van der Waals surface area contributed by atoms with E-state index in [1.807, 2.05) is 36.4 Å². The summed E-state index contributed by atoms with van der Waals surface area (Å²) in [6.45, 7) is 0.544. The maximum absolute atomic E-state index is 8.93. The van der Waals surface area contributed by atoms with E-state index in [1.54, 1.807) is 6.07 Å². The average Bonchev–Trinajstić information content (AvgIpc) is 2.38. The molecule has 0 aromatic heterocycles. The molecular formula is C14H11BrN2. The number of hydrogen-bond acceptors (Lipinski definition) is 2. The molecule has 0 aliphatic heterocycles. The monoisotopic (exact) mass is 286 g/mol. The number of nitriles is 1. The van der Waals surface area contributed by atoms with Gasteiger partial charge in [-0.25, -0.2) is 0 Å². The number of nitrogens with two attached hydrogens (primary N) is 1. The van der Waals surface area contributed by atoms with Crippen LogP contribution in [0.2, 0.25) is 0 Å². The van der Waals surface area contributed by atoms with Crippen LogP contribution in [0.1, 0.15) is 11.1 Å². The molecule has 84 valence electrons. The summed E-state index contributed by atoms with van der Waals surface area (Å²) in [5.74, 6) is 0. The van der Waals surface area contributed by atoms with Crippen molar-refractivity contribution in [3.8, 4) is 17.2 Å². The Morgan fingerprint density at radius 3 is 2.35 bits per heavy atom. The molecule has 0 aliphatic rings. The molecule has 17 heavy (non-hydrogen) atoms. The molecule has 3 heteroatoms. The Labute approximate surface area is 109 Å². The fourth-order valence-corrected chi connectivity index (χ4v) is 2.15. The Balaban J connectivity index is 2.45. The first-order chi connectivity index (χ1) is 8.22. The molecule has 0 amide bonds. The highest BCUT2D eigenvalue weighted by molar-refractivity contribution is 9.10. The van der Waals surface area contributed by atoms with Crippen LogP contribution >= 0.6 is 15.9 Å². The summed E-state index contributed by atoms with van der Waals surface area (Å²) in [6.07, 6.45) is 0. The van der Waals surface area contributed by atoms with Gasteiger partial charge in [-0.15, -0.1) is 0 Å². The van der Waals surface area contributed by atoms with Crippen LogP contribution in [0.3, 0.4) is 0 Å². The van der Waals surface area contributed by atoms with Crippen molar-refractivity contribution in [2.75, 3.05) is 0 Å². The van der Waals surface area contributed by atoms with Gasteiger partial charge in [0, 0.05) is 11.0 Å². The zero-order chi connectivity index (χ0) is 12.3. The fraction of sp³-hybridized carbons (Fsp3) is 0.0714. The molecule has 0 bridgehead atoms. The summed E-state index contributed by atoms with van der Waals surface area (Å²) in [5, 5.41) is 8.93. The van der Waals surface area contributed by atoms with E-state index in [1.165, 1.54) is 0 Å². The van der Waals surface area contributed by atoms with Crippen molar-refractivity contribution in [1.29, 1.82) is 5.26 Å². The SMILES string of the molecule is N#Cc1cc(Br)cc(-c2ccc(CN)cc2)c1. The van der Waals surface area contributed by atoms with Crippen LogP contribution in [0.4, 0.5) is 0 Å². The van der Waals surface area contributed by atoms with Gasteiger partial charge in [-0.3, -0.25) is 0 Å². The van der Waals surface area contributed by atoms with Crippen LogP contribution in [-0.4, -0.2) is 0 Å². The van der Waals surface area contributed by atoms with E-state index < -0.39 is 0 Å². The van der Waals surface area contributed by atoms with Crippen LogP contribution in [-0.2, 0) is 6.54 Å². The predicted octanol–water partition coefficient (Wildman–Crippen LogP) is 3.45. The maximum Gasteiger partial charge on any atom is 0.0992 e. The van der Waals surface area contributed by atoms with Gasteiger partial charge in [-0.05, 0) is 34.9 Å². The topological polar surface area (TPSA) is 49.8 Å². The molecule has 2 nitrogen and oxygen atoms in total. The van der Waals surface area contributed by atoms with Crippen molar-refractivity contribution < 1.29 is 0 Å². The summed E-state index contributed by atoms with van der Waals surface area (Å²) >= 11 is 3.41. The standard InChI is InChI=1S/C14H11BrN2/c15-14-6-11(9-17)5-13(7-14)12-3-1-10(8-16)2-4-12/h1-7H,8,16H2. The highest BCUT2D eigenvalue weighted by Crippen LogP contribution is 2.25. The zero-order valence-corrected chi connectivity index (χ0v) is 10.7. The van der Waals surface area contributed by atoms with Gasteiger partial charge in [0.25, 0.3) is 0 Å². The van der Waals surface area contributed by atoms with Gasteiger partial charge in [0.15, 0.2) is 0 Å². The van der Waals surface area contributed by atoms with E-state index in [0.717, 1.165) is 21.2 Å². The van der Waals surface area contributed by atoms with Gasteiger partial charge in [-0.1, -0.05) is 40.2 Å². The lowest BCUT2D eigenvalue weighted by Crippen LogP contribution is -1.95. The second kappa shape index (κ2) is 5.13. The van der Waals surface area contributed by atoms with Gasteiger partial charge < -0.3 is 5.73 Å². The third kappa shape index (κ3) is 2.73. The summed E-state index contributed by atoms with van der Waals surface area (Å²) in [7, 11) is 0. The molecule has 0 fully saturated rings.